The zero-order valence-electron chi connectivity index (χ0n) is 10.9. The molecule has 1 aromatic rings. The monoisotopic (exact) mass is 362 g/mol. The summed E-state index contributed by atoms with van der Waals surface area (Å²) < 4.78 is 26.8. The second-order valence-corrected chi connectivity index (χ2v) is 5.60. The van der Waals surface area contributed by atoms with Crippen LogP contribution in [0.15, 0.2) is 16.6 Å². The van der Waals surface area contributed by atoms with E-state index in [0.717, 1.165) is 18.9 Å². The Morgan fingerprint density at radius 3 is 2.57 bits per heavy atom. The number of carboxylic acids is 1. The highest BCUT2D eigenvalue weighted by atomic mass is 79.9. The number of carboxylic acid groups (broad SMARTS) is 1. The summed E-state index contributed by atoms with van der Waals surface area (Å²) >= 11 is 2.91. The number of nitrogens with one attached hydrogen (secondary N) is 1. The Morgan fingerprint density at radius 2 is 2.00 bits per heavy atom. The molecule has 1 saturated carbocycles. The van der Waals surface area contributed by atoms with E-state index < -0.39 is 23.6 Å². The van der Waals surface area contributed by atoms with Crippen LogP contribution in [-0.4, -0.2) is 34.6 Å². The molecule has 1 aliphatic carbocycles. The van der Waals surface area contributed by atoms with Gasteiger partial charge >= 0.3 is 12.0 Å². The van der Waals surface area contributed by atoms with Crippen molar-refractivity contribution in [2.45, 2.75) is 25.3 Å². The molecule has 0 atom stereocenters. The number of hydrogen-bond acceptors (Lipinski definition) is 2. The normalized spacial score (nSPS) is 13.9. The third-order valence-corrected chi connectivity index (χ3v) is 3.67. The van der Waals surface area contributed by atoms with Crippen LogP contribution in [0.5, 0.6) is 0 Å². The van der Waals surface area contributed by atoms with E-state index in [9.17, 15) is 18.4 Å². The molecular weight excluding hydrogens is 350 g/mol. The Balaban J connectivity index is 2.08. The Kier molecular flexibility index (Phi) is 4.76. The van der Waals surface area contributed by atoms with Crippen molar-refractivity contribution in [2.24, 2.45) is 0 Å². The van der Waals surface area contributed by atoms with E-state index in [1.807, 2.05) is 0 Å². The number of anilines is 1. The van der Waals surface area contributed by atoms with Crippen LogP contribution in [0.25, 0.3) is 0 Å². The summed E-state index contributed by atoms with van der Waals surface area (Å²) in [6.45, 7) is 0.0514. The summed E-state index contributed by atoms with van der Waals surface area (Å²) in [7, 11) is 0. The lowest BCUT2D eigenvalue weighted by Crippen LogP contribution is -2.38. The molecule has 0 unspecified atom stereocenters. The highest BCUT2D eigenvalue weighted by molar-refractivity contribution is 9.10. The molecule has 2 N–H and O–H groups in total. The molecule has 0 spiro atoms. The van der Waals surface area contributed by atoms with Gasteiger partial charge in [0.15, 0.2) is 0 Å². The predicted octanol–water partition coefficient (Wildman–Crippen LogP) is 3.20. The molecule has 0 radical (unpaired) electrons. The lowest BCUT2D eigenvalue weighted by molar-refractivity contribution is -0.137. The molecule has 0 aliphatic heterocycles. The van der Waals surface area contributed by atoms with Crippen LogP contribution >= 0.6 is 15.9 Å². The first-order valence-electron chi connectivity index (χ1n) is 6.32. The molecule has 1 aromatic carbocycles. The number of urea groups is 1. The van der Waals surface area contributed by atoms with E-state index >= 15 is 0 Å². The first-order valence-corrected chi connectivity index (χ1v) is 7.11. The minimum absolute atomic E-state index is 0.0173. The van der Waals surface area contributed by atoms with Gasteiger partial charge in [0.05, 0.1) is 16.6 Å². The summed E-state index contributed by atoms with van der Waals surface area (Å²) in [5.74, 6) is -2.67. The maximum atomic E-state index is 13.6. The van der Waals surface area contributed by atoms with Gasteiger partial charge in [0.25, 0.3) is 0 Å². The quantitative estimate of drug-likeness (QED) is 0.790. The van der Waals surface area contributed by atoms with Crippen LogP contribution in [0.1, 0.15) is 19.3 Å². The summed E-state index contributed by atoms with van der Waals surface area (Å²) in [5, 5.41) is 11.0. The minimum Gasteiger partial charge on any atom is -0.481 e. The Hall–Kier alpha value is -1.70. The number of hydrogen-bond donors (Lipinski definition) is 2. The van der Waals surface area contributed by atoms with Gasteiger partial charge in [-0.05, 0) is 34.8 Å². The summed E-state index contributed by atoms with van der Waals surface area (Å²) in [6.07, 6.45) is 1.41. The smallest absolute Gasteiger partial charge is 0.322 e. The van der Waals surface area contributed by atoms with E-state index in [1.165, 1.54) is 4.90 Å². The second-order valence-electron chi connectivity index (χ2n) is 4.74. The van der Waals surface area contributed by atoms with Crippen LogP contribution in [-0.2, 0) is 4.79 Å². The van der Waals surface area contributed by atoms with Gasteiger partial charge in [-0.1, -0.05) is 0 Å². The number of rotatable bonds is 5. The Labute approximate surface area is 128 Å². The zero-order chi connectivity index (χ0) is 15.6. The number of benzene rings is 1. The summed E-state index contributed by atoms with van der Waals surface area (Å²) in [5.41, 5.74) is -0.158. The van der Waals surface area contributed by atoms with Gasteiger partial charge in [0.1, 0.15) is 11.6 Å². The fraction of sp³-hybridized carbons (Fsp3) is 0.385. The number of halogens is 3. The molecule has 114 valence electrons. The summed E-state index contributed by atoms with van der Waals surface area (Å²) in [6, 6.07) is 1.19. The van der Waals surface area contributed by atoms with Crippen LogP contribution in [0.4, 0.5) is 19.3 Å². The molecule has 2 amide bonds. The molecule has 5 nitrogen and oxygen atoms in total. The van der Waals surface area contributed by atoms with Crippen molar-refractivity contribution in [3.05, 3.63) is 28.2 Å². The minimum atomic E-state index is -1.01. The van der Waals surface area contributed by atoms with Crippen LogP contribution < -0.4 is 5.32 Å². The van der Waals surface area contributed by atoms with Crippen molar-refractivity contribution in [1.82, 2.24) is 4.90 Å². The van der Waals surface area contributed by atoms with Crippen LogP contribution in [0, 0.1) is 11.6 Å². The molecule has 1 aliphatic rings. The number of carbonyl (C=O) groups is 2. The molecular formula is C13H13BrF2N2O3. The SMILES string of the molecule is O=C(O)CCN(C(=O)Nc1cc(Br)c(F)cc1F)C1CC1. The fourth-order valence-electron chi connectivity index (χ4n) is 1.86. The number of nitrogens with zero attached hydrogens (tertiary/aromatic N) is 1. The molecule has 0 bridgehead atoms. The molecule has 1 fully saturated rings. The fourth-order valence-corrected chi connectivity index (χ4v) is 2.20. The van der Waals surface area contributed by atoms with Crippen molar-refractivity contribution < 1.29 is 23.5 Å². The highest BCUT2D eigenvalue weighted by Crippen LogP contribution is 2.29. The van der Waals surface area contributed by atoms with Crippen molar-refractivity contribution in [1.29, 1.82) is 0 Å². The van der Waals surface area contributed by atoms with Gasteiger partial charge in [-0.25, -0.2) is 13.6 Å². The average Bonchev–Trinajstić information content (AvgIpc) is 3.20. The van der Waals surface area contributed by atoms with E-state index in [0.29, 0.717) is 6.07 Å². The maximum absolute atomic E-state index is 13.6. The topological polar surface area (TPSA) is 69.6 Å². The van der Waals surface area contributed by atoms with Gasteiger partial charge in [0, 0.05) is 18.7 Å². The van der Waals surface area contributed by atoms with Crippen molar-refractivity contribution in [3.8, 4) is 0 Å². The Morgan fingerprint density at radius 1 is 1.33 bits per heavy atom. The van der Waals surface area contributed by atoms with Gasteiger partial charge in [-0.2, -0.15) is 0 Å². The van der Waals surface area contributed by atoms with Gasteiger partial charge in [-0.15, -0.1) is 0 Å². The van der Waals surface area contributed by atoms with E-state index in [4.69, 9.17) is 5.11 Å². The number of carbonyl (C=O) groups excluding carboxylic acids is 1. The molecule has 0 heterocycles. The standard InChI is InChI=1S/C13H13BrF2N2O3/c14-8-5-11(10(16)6-9(8)15)17-13(21)18(7-1-2-7)4-3-12(19)20/h5-7H,1-4H2,(H,17,21)(H,19,20). The van der Waals surface area contributed by atoms with Gasteiger partial charge in [-0.3, -0.25) is 4.79 Å². The maximum Gasteiger partial charge on any atom is 0.322 e. The Bertz CT molecular complexity index is 579. The lowest BCUT2D eigenvalue weighted by Gasteiger charge is -2.22. The van der Waals surface area contributed by atoms with E-state index in [-0.39, 0.29) is 29.2 Å². The number of amides is 2. The lowest BCUT2D eigenvalue weighted by atomic mass is 10.3. The molecule has 0 aromatic heterocycles. The molecule has 0 saturated heterocycles. The van der Waals surface area contributed by atoms with Crippen LogP contribution in [0.2, 0.25) is 0 Å². The third kappa shape index (κ3) is 4.13. The number of aliphatic carboxylic acids is 1. The van der Waals surface area contributed by atoms with E-state index in [2.05, 4.69) is 21.2 Å². The highest BCUT2D eigenvalue weighted by Gasteiger charge is 2.33. The van der Waals surface area contributed by atoms with Crippen molar-refractivity contribution >= 4 is 33.6 Å². The molecule has 21 heavy (non-hydrogen) atoms. The van der Waals surface area contributed by atoms with Gasteiger partial charge in [0.2, 0.25) is 0 Å². The van der Waals surface area contributed by atoms with Crippen LogP contribution in [0.3, 0.4) is 0 Å². The van der Waals surface area contributed by atoms with E-state index in [1.54, 1.807) is 0 Å². The largest absolute Gasteiger partial charge is 0.481 e. The molecule has 8 heteroatoms. The second kappa shape index (κ2) is 6.38. The third-order valence-electron chi connectivity index (χ3n) is 3.07. The predicted molar refractivity (Wildman–Crippen MR) is 75.1 cm³/mol. The first kappa shape index (κ1) is 15.7. The molecule has 2 rings (SSSR count). The zero-order valence-corrected chi connectivity index (χ0v) is 12.5. The van der Waals surface area contributed by atoms with Gasteiger partial charge < -0.3 is 15.3 Å². The van der Waals surface area contributed by atoms with Crippen molar-refractivity contribution in [2.75, 3.05) is 11.9 Å². The average molecular weight is 363 g/mol. The summed E-state index contributed by atoms with van der Waals surface area (Å²) in [4.78, 5) is 24.1. The van der Waals surface area contributed by atoms with Crippen molar-refractivity contribution in [3.63, 3.8) is 0 Å². The first-order chi connectivity index (χ1) is 9.88.